The second-order valence-electron chi connectivity index (χ2n) is 3.90. The molecule has 0 saturated carbocycles. The minimum absolute atomic E-state index is 0.334. The first-order valence-corrected chi connectivity index (χ1v) is 5.84. The molecular formula is C14H21NO. The largest absolute Gasteiger partial charge is 0.494 e. The Labute approximate surface area is 98.3 Å². The van der Waals surface area contributed by atoms with Gasteiger partial charge < -0.3 is 10.1 Å². The predicted molar refractivity (Wildman–Crippen MR) is 68.7 cm³/mol. The van der Waals surface area contributed by atoms with Crippen LogP contribution in [-0.2, 0) is 6.54 Å². The third kappa shape index (κ3) is 4.49. The van der Waals surface area contributed by atoms with Gasteiger partial charge in [-0.15, -0.1) is 6.58 Å². The zero-order valence-electron chi connectivity index (χ0n) is 10.2. The molecule has 0 radical (unpaired) electrons. The molecule has 0 saturated heterocycles. The van der Waals surface area contributed by atoms with Crippen LogP contribution < -0.4 is 10.1 Å². The van der Waals surface area contributed by atoms with Gasteiger partial charge in [-0.1, -0.05) is 25.1 Å². The first-order valence-electron chi connectivity index (χ1n) is 5.84. The first kappa shape index (κ1) is 12.8. The van der Waals surface area contributed by atoms with E-state index in [-0.39, 0.29) is 0 Å². The average molecular weight is 219 g/mol. The van der Waals surface area contributed by atoms with Crippen LogP contribution in [0.4, 0.5) is 0 Å². The molecule has 1 unspecified atom stereocenters. The van der Waals surface area contributed by atoms with E-state index < -0.39 is 0 Å². The van der Waals surface area contributed by atoms with Crippen molar-refractivity contribution in [3.8, 4) is 5.75 Å². The van der Waals surface area contributed by atoms with E-state index in [4.69, 9.17) is 4.74 Å². The monoisotopic (exact) mass is 219 g/mol. The molecule has 0 heterocycles. The molecule has 2 nitrogen and oxygen atoms in total. The number of ether oxygens (including phenoxy) is 1. The van der Waals surface area contributed by atoms with E-state index in [1.54, 1.807) is 0 Å². The lowest BCUT2D eigenvalue weighted by Crippen LogP contribution is -2.22. The van der Waals surface area contributed by atoms with E-state index in [1.807, 2.05) is 18.2 Å². The van der Waals surface area contributed by atoms with Crippen molar-refractivity contribution in [2.45, 2.75) is 32.9 Å². The van der Waals surface area contributed by atoms with Crippen LogP contribution in [0.5, 0.6) is 5.75 Å². The fourth-order valence-corrected chi connectivity index (χ4v) is 1.33. The normalized spacial score (nSPS) is 12.1. The van der Waals surface area contributed by atoms with Crippen molar-refractivity contribution in [1.29, 1.82) is 0 Å². The second kappa shape index (κ2) is 7.07. The molecule has 2 heteroatoms. The van der Waals surface area contributed by atoms with Crippen molar-refractivity contribution in [2.75, 3.05) is 6.61 Å². The van der Waals surface area contributed by atoms with Crippen molar-refractivity contribution in [3.05, 3.63) is 42.5 Å². The summed E-state index contributed by atoms with van der Waals surface area (Å²) < 4.78 is 5.58. The second-order valence-corrected chi connectivity index (χ2v) is 3.90. The smallest absolute Gasteiger partial charge is 0.119 e. The molecule has 0 aliphatic rings. The lowest BCUT2D eigenvalue weighted by atomic mass is 10.2. The first-order chi connectivity index (χ1) is 7.76. The van der Waals surface area contributed by atoms with Gasteiger partial charge in [-0.05, 0) is 31.0 Å². The summed E-state index contributed by atoms with van der Waals surface area (Å²) >= 11 is 0. The summed E-state index contributed by atoms with van der Waals surface area (Å²) in [6.45, 7) is 9.56. The fourth-order valence-electron chi connectivity index (χ4n) is 1.33. The molecule has 0 fully saturated rings. The van der Waals surface area contributed by atoms with Gasteiger partial charge in [-0.3, -0.25) is 0 Å². The van der Waals surface area contributed by atoms with Crippen LogP contribution in [-0.4, -0.2) is 12.6 Å². The minimum atomic E-state index is 0.334. The highest BCUT2D eigenvalue weighted by atomic mass is 16.5. The summed E-state index contributed by atoms with van der Waals surface area (Å²) in [4.78, 5) is 0. The van der Waals surface area contributed by atoms with Gasteiger partial charge in [0.2, 0.25) is 0 Å². The van der Waals surface area contributed by atoms with E-state index in [0.29, 0.717) is 6.04 Å². The van der Waals surface area contributed by atoms with Crippen LogP contribution in [0.3, 0.4) is 0 Å². The molecule has 1 N–H and O–H groups in total. The molecule has 1 rings (SSSR count). The Bertz CT molecular complexity index is 322. The van der Waals surface area contributed by atoms with E-state index in [1.165, 1.54) is 5.56 Å². The summed E-state index contributed by atoms with van der Waals surface area (Å²) in [6.07, 6.45) is 2.94. The number of hydrogen-bond donors (Lipinski definition) is 1. The highest BCUT2D eigenvalue weighted by molar-refractivity contribution is 5.28. The van der Waals surface area contributed by atoms with Gasteiger partial charge in [0, 0.05) is 12.6 Å². The van der Waals surface area contributed by atoms with Gasteiger partial charge in [0.05, 0.1) is 6.61 Å². The predicted octanol–water partition coefficient (Wildman–Crippen LogP) is 3.14. The molecule has 1 aromatic rings. The third-order valence-corrected chi connectivity index (χ3v) is 2.35. The van der Waals surface area contributed by atoms with Crippen LogP contribution in [0.15, 0.2) is 36.9 Å². The van der Waals surface area contributed by atoms with Crippen LogP contribution in [0.25, 0.3) is 0 Å². The lowest BCUT2D eigenvalue weighted by Gasteiger charge is -2.10. The van der Waals surface area contributed by atoms with Gasteiger partial charge in [0.1, 0.15) is 5.75 Å². The van der Waals surface area contributed by atoms with E-state index in [9.17, 15) is 0 Å². The summed E-state index contributed by atoms with van der Waals surface area (Å²) in [5.41, 5.74) is 1.24. The maximum atomic E-state index is 5.58. The maximum absolute atomic E-state index is 5.58. The highest BCUT2D eigenvalue weighted by Crippen LogP contribution is 2.13. The van der Waals surface area contributed by atoms with Gasteiger partial charge in [-0.25, -0.2) is 0 Å². The summed E-state index contributed by atoms with van der Waals surface area (Å²) in [7, 11) is 0. The van der Waals surface area contributed by atoms with Gasteiger partial charge in [0.25, 0.3) is 0 Å². The van der Waals surface area contributed by atoms with Crippen LogP contribution in [0, 0.1) is 0 Å². The van der Waals surface area contributed by atoms with Crippen molar-refractivity contribution < 1.29 is 4.74 Å². The van der Waals surface area contributed by atoms with Crippen molar-refractivity contribution in [3.63, 3.8) is 0 Å². The van der Waals surface area contributed by atoms with Crippen LogP contribution in [0.2, 0.25) is 0 Å². The van der Waals surface area contributed by atoms with Crippen molar-refractivity contribution >= 4 is 0 Å². The van der Waals surface area contributed by atoms with Gasteiger partial charge in [-0.2, -0.15) is 0 Å². The Hall–Kier alpha value is -1.28. The molecular weight excluding hydrogens is 198 g/mol. The molecule has 0 bridgehead atoms. The molecule has 1 atom stereocenters. The number of rotatable bonds is 7. The Morgan fingerprint density at radius 1 is 1.50 bits per heavy atom. The van der Waals surface area contributed by atoms with Crippen molar-refractivity contribution in [1.82, 2.24) is 5.32 Å². The zero-order chi connectivity index (χ0) is 11.8. The lowest BCUT2D eigenvalue weighted by molar-refractivity contribution is 0.317. The summed E-state index contributed by atoms with van der Waals surface area (Å²) in [5.74, 6) is 0.951. The third-order valence-electron chi connectivity index (χ3n) is 2.35. The minimum Gasteiger partial charge on any atom is -0.494 e. The van der Waals surface area contributed by atoms with E-state index in [0.717, 1.165) is 25.3 Å². The Morgan fingerprint density at radius 3 is 3.00 bits per heavy atom. The number of nitrogens with one attached hydrogen (secondary N) is 1. The van der Waals surface area contributed by atoms with Crippen LogP contribution >= 0.6 is 0 Å². The molecule has 16 heavy (non-hydrogen) atoms. The Morgan fingerprint density at radius 2 is 2.31 bits per heavy atom. The van der Waals surface area contributed by atoms with Gasteiger partial charge in [0.15, 0.2) is 0 Å². The fraction of sp³-hybridized carbons (Fsp3) is 0.429. The topological polar surface area (TPSA) is 21.3 Å². The molecule has 0 aliphatic carbocycles. The molecule has 0 aliphatic heterocycles. The summed E-state index contributed by atoms with van der Waals surface area (Å²) in [6, 6.07) is 8.54. The van der Waals surface area contributed by atoms with E-state index in [2.05, 4.69) is 37.9 Å². The number of hydrogen-bond acceptors (Lipinski definition) is 2. The SMILES string of the molecule is C=CC(C)NCc1cccc(OCCC)c1. The average Bonchev–Trinajstić information content (AvgIpc) is 2.34. The molecule has 0 aromatic heterocycles. The molecule has 0 spiro atoms. The number of benzene rings is 1. The molecule has 0 amide bonds. The quantitative estimate of drug-likeness (QED) is 0.711. The van der Waals surface area contributed by atoms with Gasteiger partial charge >= 0.3 is 0 Å². The zero-order valence-corrected chi connectivity index (χ0v) is 10.2. The molecule has 88 valence electrons. The van der Waals surface area contributed by atoms with Crippen molar-refractivity contribution in [2.24, 2.45) is 0 Å². The highest BCUT2D eigenvalue weighted by Gasteiger charge is 1.98. The van der Waals surface area contributed by atoms with E-state index >= 15 is 0 Å². The Kier molecular flexibility index (Phi) is 5.65. The standard InChI is InChI=1S/C14H21NO/c1-4-9-16-14-8-6-7-13(10-14)11-15-12(3)5-2/h5-8,10,12,15H,2,4,9,11H2,1,3H3. The maximum Gasteiger partial charge on any atom is 0.119 e. The summed E-state index contributed by atoms with van der Waals surface area (Å²) in [5, 5.41) is 3.36. The van der Waals surface area contributed by atoms with Crippen LogP contribution in [0.1, 0.15) is 25.8 Å². The molecule has 1 aromatic carbocycles. The Balaban J connectivity index is 2.49.